The zero-order chi connectivity index (χ0) is 15.3. The fourth-order valence-electron chi connectivity index (χ4n) is 1.74. The monoisotopic (exact) mass is 342 g/mol. The van der Waals surface area contributed by atoms with E-state index in [-0.39, 0.29) is 11.8 Å². The van der Waals surface area contributed by atoms with Gasteiger partial charge in [0.2, 0.25) is 0 Å². The van der Waals surface area contributed by atoms with Crippen LogP contribution in [0, 0.1) is 5.92 Å². The predicted molar refractivity (Wildman–Crippen MR) is 81.3 cm³/mol. The van der Waals surface area contributed by atoms with Crippen LogP contribution in [-0.4, -0.2) is 25.0 Å². The number of carbonyl (C=O) groups is 2. The van der Waals surface area contributed by atoms with Crippen LogP contribution in [0.1, 0.15) is 30.6 Å². The molecule has 0 unspecified atom stereocenters. The Hall–Kier alpha value is -1.56. The van der Waals surface area contributed by atoms with Crippen LogP contribution in [0.4, 0.5) is 5.69 Å². The Morgan fingerprint density at radius 1 is 1.40 bits per heavy atom. The summed E-state index contributed by atoms with van der Waals surface area (Å²) in [5.74, 6) is -0.513. The van der Waals surface area contributed by atoms with Crippen LogP contribution in [-0.2, 0) is 9.53 Å². The Kier molecular flexibility index (Phi) is 6.01. The number of esters is 1. The molecule has 0 aliphatic carbocycles. The quantitative estimate of drug-likeness (QED) is 0.635. The van der Waals surface area contributed by atoms with Gasteiger partial charge in [0.05, 0.1) is 7.11 Å². The topological polar surface area (TPSA) is 81.4 Å². The van der Waals surface area contributed by atoms with Crippen LogP contribution in [0.5, 0.6) is 0 Å². The van der Waals surface area contributed by atoms with Gasteiger partial charge in [-0.2, -0.15) is 0 Å². The molecule has 110 valence electrons. The minimum Gasteiger partial charge on any atom is -0.467 e. The van der Waals surface area contributed by atoms with Crippen molar-refractivity contribution in [1.29, 1.82) is 0 Å². The molecule has 0 radical (unpaired) electrons. The summed E-state index contributed by atoms with van der Waals surface area (Å²) in [6.07, 6.45) is 0.522. The van der Waals surface area contributed by atoms with Crippen LogP contribution < -0.4 is 11.1 Å². The first kappa shape index (κ1) is 16.5. The number of rotatable bonds is 5. The third-order valence-corrected chi connectivity index (χ3v) is 3.45. The van der Waals surface area contributed by atoms with E-state index in [1.165, 1.54) is 7.11 Å². The smallest absolute Gasteiger partial charge is 0.328 e. The molecule has 0 spiro atoms. The lowest BCUT2D eigenvalue weighted by atomic mass is 10.0. The number of nitrogens with one attached hydrogen (secondary N) is 1. The Morgan fingerprint density at radius 2 is 2.05 bits per heavy atom. The summed E-state index contributed by atoms with van der Waals surface area (Å²) in [7, 11) is 1.31. The van der Waals surface area contributed by atoms with E-state index in [0.29, 0.717) is 22.1 Å². The molecule has 6 heteroatoms. The number of hydrogen-bond donors (Lipinski definition) is 2. The van der Waals surface area contributed by atoms with E-state index >= 15 is 0 Å². The number of carbonyl (C=O) groups excluding carboxylic acids is 2. The van der Waals surface area contributed by atoms with Gasteiger partial charge in [0.1, 0.15) is 6.04 Å². The van der Waals surface area contributed by atoms with E-state index in [2.05, 4.69) is 21.2 Å². The van der Waals surface area contributed by atoms with Crippen LogP contribution in [0.15, 0.2) is 22.7 Å². The molecule has 5 nitrogen and oxygen atoms in total. The summed E-state index contributed by atoms with van der Waals surface area (Å²) in [4.78, 5) is 23.8. The Morgan fingerprint density at radius 3 is 2.55 bits per heavy atom. The maximum Gasteiger partial charge on any atom is 0.328 e. The first-order chi connectivity index (χ1) is 9.35. The van der Waals surface area contributed by atoms with E-state index in [4.69, 9.17) is 10.5 Å². The van der Waals surface area contributed by atoms with Gasteiger partial charge in [-0.3, -0.25) is 4.79 Å². The second-order valence-corrected chi connectivity index (χ2v) is 5.77. The molecular weight excluding hydrogens is 324 g/mol. The molecule has 0 aliphatic heterocycles. The lowest BCUT2D eigenvalue weighted by Crippen LogP contribution is -2.42. The molecular formula is C14H19BrN2O3. The van der Waals surface area contributed by atoms with E-state index in [1.54, 1.807) is 18.2 Å². The van der Waals surface area contributed by atoms with Crippen LogP contribution in [0.2, 0.25) is 0 Å². The standard InChI is InChI=1S/C14H19BrN2O3/c1-8(2)6-12(14(19)20-3)17-13(18)9-4-5-11(16)10(15)7-9/h4-5,7-8,12H,6,16H2,1-3H3,(H,17,18)/t12-/m0/s1. The number of ether oxygens (including phenoxy) is 1. The van der Waals surface area contributed by atoms with Crippen LogP contribution in [0.3, 0.4) is 0 Å². The number of nitrogen functional groups attached to an aromatic ring is 1. The molecule has 0 saturated carbocycles. The SMILES string of the molecule is COC(=O)[C@H](CC(C)C)NC(=O)c1ccc(N)c(Br)c1. The highest BCUT2D eigenvalue weighted by Crippen LogP contribution is 2.20. The van der Waals surface area contributed by atoms with E-state index in [1.807, 2.05) is 13.8 Å². The number of nitrogens with two attached hydrogens (primary N) is 1. The van der Waals surface area contributed by atoms with Crippen molar-refractivity contribution in [3.63, 3.8) is 0 Å². The van der Waals surface area contributed by atoms with Gasteiger partial charge in [0.15, 0.2) is 0 Å². The summed E-state index contributed by atoms with van der Waals surface area (Å²) in [6.45, 7) is 3.95. The summed E-state index contributed by atoms with van der Waals surface area (Å²) in [5.41, 5.74) is 6.66. The molecule has 0 aromatic heterocycles. The van der Waals surface area contributed by atoms with E-state index in [0.717, 1.165) is 0 Å². The minimum absolute atomic E-state index is 0.262. The van der Waals surface area contributed by atoms with Gasteiger partial charge in [-0.1, -0.05) is 13.8 Å². The highest BCUT2D eigenvalue weighted by atomic mass is 79.9. The van der Waals surface area contributed by atoms with Gasteiger partial charge in [-0.25, -0.2) is 4.79 Å². The number of methoxy groups -OCH3 is 1. The number of hydrogen-bond acceptors (Lipinski definition) is 4. The number of halogens is 1. The average molecular weight is 343 g/mol. The average Bonchev–Trinajstić information content (AvgIpc) is 2.39. The van der Waals surface area contributed by atoms with Crippen LogP contribution >= 0.6 is 15.9 Å². The number of amides is 1. The molecule has 0 saturated heterocycles. The molecule has 1 rings (SSSR count). The van der Waals surface area contributed by atoms with Gasteiger partial charge in [-0.15, -0.1) is 0 Å². The Balaban J connectivity index is 2.84. The molecule has 1 aromatic rings. The van der Waals surface area contributed by atoms with Crippen molar-refractivity contribution in [1.82, 2.24) is 5.32 Å². The molecule has 0 aliphatic rings. The zero-order valence-electron chi connectivity index (χ0n) is 11.8. The van der Waals surface area contributed by atoms with Gasteiger partial charge in [0, 0.05) is 15.7 Å². The third kappa shape index (κ3) is 4.52. The summed E-state index contributed by atoms with van der Waals surface area (Å²) >= 11 is 3.27. The fraction of sp³-hybridized carbons (Fsp3) is 0.429. The zero-order valence-corrected chi connectivity index (χ0v) is 13.4. The first-order valence-electron chi connectivity index (χ1n) is 6.28. The maximum absolute atomic E-state index is 12.1. The Bertz CT molecular complexity index is 503. The van der Waals surface area contributed by atoms with E-state index < -0.39 is 12.0 Å². The number of anilines is 1. The van der Waals surface area contributed by atoms with Crippen molar-refractivity contribution in [2.45, 2.75) is 26.3 Å². The summed E-state index contributed by atoms with van der Waals surface area (Å²) < 4.78 is 5.35. The molecule has 0 fully saturated rings. The van der Waals surface area contributed by atoms with Crippen molar-refractivity contribution in [2.24, 2.45) is 5.92 Å². The molecule has 1 aromatic carbocycles. The van der Waals surface area contributed by atoms with Crippen LogP contribution in [0.25, 0.3) is 0 Å². The lowest BCUT2D eigenvalue weighted by molar-refractivity contribution is -0.143. The lowest BCUT2D eigenvalue weighted by Gasteiger charge is -2.18. The van der Waals surface area contributed by atoms with Crippen molar-refractivity contribution in [2.75, 3.05) is 12.8 Å². The summed E-state index contributed by atoms with van der Waals surface area (Å²) in [6, 6.07) is 4.21. The normalized spacial score (nSPS) is 12.1. The predicted octanol–water partition coefficient (Wildman–Crippen LogP) is 2.35. The van der Waals surface area contributed by atoms with Crippen molar-refractivity contribution in [3.05, 3.63) is 28.2 Å². The largest absolute Gasteiger partial charge is 0.467 e. The maximum atomic E-state index is 12.1. The highest BCUT2D eigenvalue weighted by molar-refractivity contribution is 9.10. The minimum atomic E-state index is -0.649. The van der Waals surface area contributed by atoms with Crippen molar-refractivity contribution >= 4 is 33.5 Å². The summed E-state index contributed by atoms with van der Waals surface area (Å²) in [5, 5.41) is 2.69. The Labute approximate surface area is 127 Å². The van der Waals surface area contributed by atoms with Gasteiger partial charge < -0.3 is 15.8 Å². The van der Waals surface area contributed by atoms with E-state index in [9.17, 15) is 9.59 Å². The highest BCUT2D eigenvalue weighted by Gasteiger charge is 2.23. The molecule has 3 N–H and O–H groups in total. The third-order valence-electron chi connectivity index (χ3n) is 2.76. The van der Waals surface area contributed by atoms with Gasteiger partial charge >= 0.3 is 5.97 Å². The van der Waals surface area contributed by atoms with Gasteiger partial charge in [-0.05, 0) is 46.5 Å². The van der Waals surface area contributed by atoms with Crippen molar-refractivity contribution in [3.8, 4) is 0 Å². The second kappa shape index (κ2) is 7.28. The molecule has 0 heterocycles. The van der Waals surface area contributed by atoms with Crippen molar-refractivity contribution < 1.29 is 14.3 Å². The first-order valence-corrected chi connectivity index (χ1v) is 7.08. The molecule has 0 bridgehead atoms. The number of benzene rings is 1. The second-order valence-electron chi connectivity index (χ2n) is 4.92. The van der Waals surface area contributed by atoms with Gasteiger partial charge in [0.25, 0.3) is 5.91 Å². The molecule has 1 amide bonds. The molecule has 20 heavy (non-hydrogen) atoms. The fourth-order valence-corrected chi connectivity index (χ4v) is 2.12. The molecule has 1 atom stereocenters.